The minimum absolute atomic E-state index is 0.181. The summed E-state index contributed by atoms with van der Waals surface area (Å²) >= 11 is 0. The van der Waals surface area contributed by atoms with Crippen LogP contribution in [0, 0.1) is 5.92 Å². The van der Waals surface area contributed by atoms with Gasteiger partial charge in [-0.15, -0.1) is 0 Å². The third kappa shape index (κ3) is 5.84. The topological polar surface area (TPSA) is 117 Å². The highest BCUT2D eigenvalue weighted by Gasteiger charge is 2.20. The van der Waals surface area contributed by atoms with Crippen LogP contribution in [-0.4, -0.2) is 39.8 Å². The van der Waals surface area contributed by atoms with Gasteiger partial charge in [-0.05, 0) is 12.3 Å². The minimum atomic E-state index is -1.04. The molecule has 1 rings (SSSR count). The Balaban J connectivity index is 2.30. The molecule has 0 saturated carbocycles. The fraction of sp³-hybridized carbons (Fsp3) is 0.636. The monoisotopic (exact) mass is 270 g/mol. The number of carbonyl (C=O) groups is 2. The van der Waals surface area contributed by atoms with Crippen LogP contribution in [0.5, 0.6) is 0 Å². The SMILES string of the molecule is CC(C)C[C@H](NC(=O)NCCc1ncon1)C(=O)O. The molecule has 0 unspecified atom stereocenters. The average molecular weight is 270 g/mol. The third-order valence-electron chi connectivity index (χ3n) is 2.35. The summed E-state index contributed by atoms with van der Waals surface area (Å²) in [7, 11) is 0. The molecular formula is C11H18N4O4. The van der Waals surface area contributed by atoms with Crippen molar-refractivity contribution in [3.8, 4) is 0 Å². The number of carbonyl (C=O) groups excluding carboxylic acids is 1. The van der Waals surface area contributed by atoms with Crippen LogP contribution in [0.15, 0.2) is 10.9 Å². The van der Waals surface area contributed by atoms with Gasteiger partial charge < -0.3 is 20.3 Å². The molecule has 3 N–H and O–H groups in total. The number of carboxylic acid groups (broad SMARTS) is 1. The largest absolute Gasteiger partial charge is 0.480 e. The molecule has 1 aromatic heterocycles. The fourth-order valence-electron chi connectivity index (χ4n) is 1.49. The van der Waals surface area contributed by atoms with Gasteiger partial charge >= 0.3 is 12.0 Å². The van der Waals surface area contributed by atoms with Crippen LogP contribution in [0.25, 0.3) is 0 Å². The summed E-state index contributed by atoms with van der Waals surface area (Å²) in [4.78, 5) is 26.3. The fourth-order valence-corrected chi connectivity index (χ4v) is 1.49. The lowest BCUT2D eigenvalue weighted by Gasteiger charge is -2.16. The Labute approximate surface area is 110 Å². The predicted octanol–water partition coefficient (Wildman–Crippen LogP) is 0.411. The maximum Gasteiger partial charge on any atom is 0.326 e. The van der Waals surface area contributed by atoms with Crippen LogP contribution in [-0.2, 0) is 11.2 Å². The molecule has 8 nitrogen and oxygen atoms in total. The Kier molecular flexibility index (Phi) is 5.77. The minimum Gasteiger partial charge on any atom is -0.480 e. The van der Waals surface area contributed by atoms with Crippen molar-refractivity contribution in [3.05, 3.63) is 12.2 Å². The molecule has 1 aromatic rings. The van der Waals surface area contributed by atoms with Crippen LogP contribution in [0.1, 0.15) is 26.1 Å². The van der Waals surface area contributed by atoms with Crippen molar-refractivity contribution in [3.63, 3.8) is 0 Å². The first-order valence-electron chi connectivity index (χ1n) is 6.01. The average Bonchev–Trinajstić information content (AvgIpc) is 2.80. The Morgan fingerprint density at radius 2 is 2.21 bits per heavy atom. The van der Waals surface area contributed by atoms with Gasteiger partial charge in [-0.25, -0.2) is 9.59 Å². The van der Waals surface area contributed by atoms with Crippen molar-refractivity contribution in [2.24, 2.45) is 5.92 Å². The summed E-state index contributed by atoms with van der Waals surface area (Å²) in [5.41, 5.74) is 0. The maximum atomic E-state index is 11.5. The van der Waals surface area contributed by atoms with E-state index in [0.717, 1.165) is 0 Å². The van der Waals surface area contributed by atoms with Crippen molar-refractivity contribution in [1.82, 2.24) is 20.8 Å². The van der Waals surface area contributed by atoms with E-state index in [0.29, 0.717) is 25.2 Å². The lowest BCUT2D eigenvalue weighted by atomic mass is 10.0. The number of rotatable bonds is 7. The summed E-state index contributed by atoms with van der Waals surface area (Å²) in [6.07, 6.45) is 2.01. The van der Waals surface area contributed by atoms with E-state index in [9.17, 15) is 9.59 Å². The van der Waals surface area contributed by atoms with Crippen LogP contribution in [0.2, 0.25) is 0 Å². The first-order valence-corrected chi connectivity index (χ1v) is 6.01. The number of nitrogens with one attached hydrogen (secondary N) is 2. The van der Waals surface area contributed by atoms with E-state index in [1.165, 1.54) is 6.39 Å². The van der Waals surface area contributed by atoms with Gasteiger partial charge in [-0.3, -0.25) is 0 Å². The summed E-state index contributed by atoms with van der Waals surface area (Å²) < 4.78 is 4.54. The van der Waals surface area contributed by atoms with Crippen LogP contribution < -0.4 is 10.6 Å². The Hall–Kier alpha value is -2.12. The molecule has 106 valence electrons. The third-order valence-corrected chi connectivity index (χ3v) is 2.35. The normalized spacial score (nSPS) is 12.2. The van der Waals surface area contributed by atoms with Crippen LogP contribution >= 0.6 is 0 Å². The van der Waals surface area contributed by atoms with E-state index >= 15 is 0 Å². The number of aliphatic carboxylic acids is 1. The molecule has 8 heteroatoms. The maximum absolute atomic E-state index is 11.5. The predicted molar refractivity (Wildman–Crippen MR) is 65.4 cm³/mol. The Bertz CT molecular complexity index is 405. The van der Waals surface area contributed by atoms with Gasteiger partial charge in [-0.1, -0.05) is 19.0 Å². The van der Waals surface area contributed by atoms with Gasteiger partial charge in [0.15, 0.2) is 5.82 Å². The van der Waals surface area contributed by atoms with E-state index in [2.05, 4.69) is 25.3 Å². The second-order valence-electron chi connectivity index (χ2n) is 4.52. The van der Waals surface area contributed by atoms with Crippen molar-refractivity contribution in [1.29, 1.82) is 0 Å². The zero-order chi connectivity index (χ0) is 14.3. The summed E-state index contributed by atoms with van der Waals surface area (Å²) in [5.74, 6) is -0.375. The van der Waals surface area contributed by atoms with Crippen molar-refractivity contribution in [2.45, 2.75) is 32.7 Å². The Morgan fingerprint density at radius 1 is 1.47 bits per heavy atom. The van der Waals surface area contributed by atoms with E-state index in [1.807, 2.05) is 13.8 Å². The standard InChI is InChI=1S/C11H18N4O4/c1-7(2)5-8(10(16)17)14-11(18)12-4-3-9-13-6-19-15-9/h6-8H,3-5H2,1-2H3,(H,16,17)(H2,12,14,18)/t8-/m0/s1. The number of hydrogen-bond acceptors (Lipinski definition) is 5. The van der Waals surface area contributed by atoms with Crippen molar-refractivity contribution < 1.29 is 19.2 Å². The van der Waals surface area contributed by atoms with Crippen LogP contribution in [0.3, 0.4) is 0 Å². The number of nitrogens with zero attached hydrogens (tertiary/aromatic N) is 2. The molecule has 0 fully saturated rings. The van der Waals surface area contributed by atoms with E-state index < -0.39 is 18.0 Å². The van der Waals surface area contributed by atoms with Gasteiger partial charge in [0, 0.05) is 13.0 Å². The molecule has 0 saturated heterocycles. The highest BCUT2D eigenvalue weighted by atomic mass is 16.5. The van der Waals surface area contributed by atoms with Gasteiger partial charge in [0.1, 0.15) is 6.04 Å². The molecule has 0 bridgehead atoms. The smallest absolute Gasteiger partial charge is 0.326 e. The Morgan fingerprint density at radius 3 is 2.74 bits per heavy atom. The quantitative estimate of drug-likeness (QED) is 0.660. The molecule has 2 amide bonds. The number of carboxylic acids is 1. The van der Waals surface area contributed by atoms with Gasteiger partial charge in [-0.2, -0.15) is 4.98 Å². The first kappa shape index (κ1) is 14.9. The second-order valence-corrected chi connectivity index (χ2v) is 4.52. The first-order chi connectivity index (χ1) is 8.99. The summed E-state index contributed by atoms with van der Waals surface area (Å²) in [6, 6.07) is -1.40. The number of aromatic nitrogens is 2. The van der Waals surface area contributed by atoms with E-state index in [4.69, 9.17) is 5.11 Å². The molecule has 1 atom stereocenters. The number of urea groups is 1. The molecular weight excluding hydrogens is 252 g/mol. The molecule has 1 heterocycles. The molecule has 19 heavy (non-hydrogen) atoms. The van der Waals surface area contributed by atoms with E-state index in [1.54, 1.807) is 0 Å². The highest BCUT2D eigenvalue weighted by molar-refractivity contribution is 5.82. The molecule has 0 aromatic carbocycles. The van der Waals surface area contributed by atoms with Crippen molar-refractivity contribution in [2.75, 3.05) is 6.54 Å². The van der Waals surface area contributed by atoms with Gasteiger partial charge in [0.05, 0.1) is 0 Å². The zero-order valence-corrected chi connectivity index (χ0v) is 10.9. The second kappa shape index (κ2) is 7.34. The summed E-state index contributed by atoms with van der Waals surface area (Å²) in [6.45, 7) is 4.09. The van der Waals surface area contributed by atoms with Crippen LogP contribution in [0.4, 0.5) is 4.79 Å². The molecule has 0 radical (unpaired) electrons. The van der Waals surface area contributed by atoms with Gasteiger partial charge in [0.25, 0.3) is 0 Å². The highest BCUT2D eigenvalue weighted by Crippen LogP contribution is 2.04. The molecule has 0 spiro atoms. The number of hydrogen-bond donors (Lipinski definition) is 3. The van der Waals surface area contributed by atoms with Crippen molar-refractivity contribution >= 4 is 12.0 Å². The van der Waals surface area contributed by atoms with Gasteiger partial charge in [0.2, 0.25) is 6.39 Å². The molecule has 0 aliphatic heterocycles. The summed E-state index contributed by atoms with van der Waals surface area (Å²) in [5, 5.41) is 17.5. The number of amides is 2. The lowest BCUT2D eigenvalue weighted by molar-refractivity contribution is -0.139. The molecule has 0 aliphatic rings. The van der Waals surface area contributed by atoms with E-state index in [-0.39, 0.29) is 5.92 Å². The molecule has 0 aliphatic carbocycles. The lowest BCUT2D eigenvalue weighted by Crippen LogP contribution is -2.47. The zero-order valence-electron chi connectivity index (χ0n) is 10.9.